The third-order valence-electron chi connectivity index (χ3n) is 13.5. The van der Waals surface area contributed by atoms with E-state index in [-0.39, 0.29) is 0 Å². The van der Waals surface area contributed by atoms with E-state index in [1.54, 1.807) is 0 Å². The molecule has 13 aromatic rings. The number of nitrogens with zero attached hydrogens (tertiary/aromatic N) is 3. The fourth-order valence-corrected chi connectivity index (χ4v) is 10.4. The number of fused-ring (bicyclic) bond motifs is 7. The van der Waals surface area contributed by atoms with Crippen LogP contribution in [0.2, 0.25) is 0 Å². The van der Waals surface area contributed by atoms with Crippen molar-refractivity contribution in [1.29, 1.82) is 0 Å². The molecule has 0 N–H and O–H groups in total. The molecule has 314 valence electrons. The monoisotopic (exact) mass is 853 g/mol. The summed E-state index contributed by atoms with van der Waals surface area (Å²) in [6.45, 7) is 0. The van der Waals surface area contributed by atoms with E-state index >= 15 is 0 Å². The molecule has 11 aromatic carbocycles. The molecule has 2 aromatic heterocycles. The second-order valence-corrected chi connectivity index (χ2v) is 17.3. The molecule has 67 heavy (non-hydrogen) atoms. The molecule has 0 amide bonds. The van der Waals surface area contributed by atoms with Crippen molar-refractivity contribution >= 4 is 71.4 Å². The molecule has 0 aliphatic heterocycles. The minimum Gasteiger partial charge on any atom is -0.310 e. The Morgan fingerprint density at radius 1 is 0.239 bits per heavy atom. The average molecular weight is 854 g/mol. The number of hydrogen-bond donors (Lipinski definition) is 0. The molecule has 0 spiro atoms. The minimum atomic E-state index is 1.10. The fraction of sp³-hybridized carbons (Fsp3) is 0. The molecule has 3 heteroatoms. The molecule has 0 fully saturated rings. The minimum absolute atomic E-state index is 1.10. The largest absolute Gasteiger partial charge is 0.310 e. The Morgan fingerprint density at radius 3 is 1.31 bits per heavy atom. The first-order valence-corrected chi connectivity index (χ1v) is 23.0. The van der Waals surface area contributed by atoms with Crippen LogP contribution in [-0.2, 0) is 0 Å². The maximum atomic E-state index is 2.40. The molecule has 0 radical (unpaired) electrons. The Balaban J connectivity index is 0.853. The van der Waals surface area contributed by atoms with E-state index in [9.17, 15) is 0 Å². The first kappa shape index (κ1) is 38.5. The summed E-state index contributed by atoms with van der Waals surface area (Å²) >= 11 is 0. The number of hydrogen-bond acceptors (Lipinski definition) is 1. The average Bonchev–Trinajstić information content (AvgIpc) is 3.92. The lowest BCUT2D eigenvalue weighted by Gasteiger charge is -2.27. The van der Waals surface area contributed by atoms with Gasteiger partial charge in [-0.25, -0.2) is 0 Å². The Bertz CT molecular complexity index is 3940. The smallest absolute Gasteiger partial charge is 0.0547 e. The molecule has 13 rings (SSSR count). The van der Waals surface area contributed by atoms with E-state index in [0.29, 0.717) is 0 Å². The maximum Gasteiger partial charge on any atom is 0.0547 e. The summed E-state index contributed by atoms with van der Waals surface area (Å²) in [4.78, 5) is 2.39. The lowest BCUT2D eigenvalue weighted by atomic mass is 9.95. The molecule has 3 nitrogen and oxygen atoms in total. The van der Waals surface area contributed by atoms with Crippen LogP contribution in [0.4, 0.5) is 17.1 Å². The summed E-state index contributed by atoms with van der Waals surface area (Å²) < 4.78 is 4.76. The third-order valence-corrected chi connectivity index (χ3v) is 13.5. The first-order valence-electron chi connectivity index (χ1n) is 23.0. The molecule has 0 saturated carbocycles. The number of rotatable bonds is 8. The van der Waals surface area contributed by atoms with Gasteiger partial charge in [0.25, 0.3) is 0 Å². The van der Waals surface area contributed by atoms with E-state index in [1.165, 1.54) is 93.5 Å². The van der Waals surface area contributed by atoms with Crippen molar-refractivity contribution < 1.29 is 0 Å². The topological polar surface area (TPSA) is 13.1 Å². The normalized spacial score (nSPS) is 11.6. The van der Waals surface area contributed by atoms with Crippen LogP contribution in [0.3, 0.4) is 0 Å². The van der Waals surface area contributed by atoms with Crippen LogP contribution in [-0.4, -0.2) is 9.13 Å². The molecule has 0 aliphatic carbocycles. The van der Waals surface area contributed by atoms with Crippen LogP contribution in [0.15, 0.2) is 261 Å². The number of para-hydroxylation sites is 5. The molecule has 2 heterocycles. The zero-order valence-corrected chi connectivity index (χ0v) is 36.7. The van der Waals surface area contributed by atoms with Crippen LogP contribution in [0.25, 0.3) is 99.1 Å². The van der Waals surface area contributed by atoms with Crippen molar-refractivity contribution in [3.05, 3.63) is 261 Å². The lowest BCUT2D eigenvalue weighted by molar-refractivity contribution is 1.18. The van der Waals surface area contributed by atoms with Gasteiger partial charge in [0.2, 0.25) is 0 Å². The highest BCUT2D eigenvalue weighted by molar-refractivity contribution is 6.13. The highest BCUT2D eigenvalue weighted by atomic mass is 15.1. The van der Waals surface area contributed by atoms with Crippen molar-refractivity contribution in [1.82, 2.24) is 9.13 Å². The molecule has 0 bridgehead atoms. The van der Waals surface area contributed by atoms with Crippen molar-refractivity contribution in [2.45, 2.75) is 0 Å². The van der Waals surface area contributed by atoms with Crippen LogP contribution < -0.4 is 4.90 Å². The summed E-state index contributed by atoms with van der Waals surface area (Å²) in [5, 5.41) is 7.42. The summed E-state index contributed by atoms with van der Waals surface area (Å²) in [6, 6.07) is 94.8. The fourth-order valence-electron chi connectivity index (χ4n) is 10.4. The summed E-state index contributed by atoms with van der Waals surface area (Å²) in [6.07, 6.45) is 0. The Morgan fingerprint density at radius 2 is 0.672 bits per heavy atom. The molecule has 0 saturated heterocycles. The first-order chi connectivity index (χ1) is 33.2. The van der Waals surface area contributed by atoms with Gasteiger partial charge in [-0.2, -0.15) is 0 Å². The summed E-state index contributed by atoms with van der Waals surface area (Å²) in [7, 11) is 0. The van der Waals surface area contributed by atoms with Crippen molar-refractivity contribution in [3.8, 4) is 44.8 Å². The van der Waals surface area contributed by atoms with Gasteiger partial charge >= 0.3 is 0 Å². The van der Waals surface area contributed by atoms with Gasteiger partial charge < -0.3 is 14.0 Å². The molecule has 0 atom stereocenters. The van der Waals surface area contributed by atoms with Crippen LogP contribution >= 0.6 is 0 Å². The van der Waals surface area contributed by atoms with Crippen LogP contribution in [0.5, 0.6) is 0 Å². The molecule has 0 aliphatic rings. The summed E-state index contributed by atoms with van der Waals surface area (Å²) in [5.74, 6) is 0. The number of aromatic nitrogens is 2. The van der Waals surface area contributed by atoms with Crippen LogP contribution in [0.1, 0.15) is 0 Å². The Hall–Kier alpha value is -8.92. The Kier molecular flexibility index (Phi) is 9.17. The van der Waals surface area contributed by atoms with Gasteiger partial charge in [-0.3, -0.25) is 0 Å². The zero-order chi connectivity index (χ0) is 44.3. The SMILES string of the molecule is c1ccc(N(c2ccc(-c3ccc(-c4ccc5c(c4)c4ccccc4n5-c4ccccc4)cc3)cc2)c2ccc(-c3ccc4c5ccccc5n(-c5ccccc5)c4c3)c3ccccc23)cc1. The highest BCUT2D eigenvalue weighted by Crippen LogP contribution is 2.44. The van der Waals surface area contributed by atoms with Gasteiger partial charge in [0.1, 0.15) is 0 Å². The Labute approximate surface area is 389 Å². The maximum absolute atomic E-state index is 2.40. The van der Waals surface area contributed by atoms with Crippen molar-refractivity contribution in [2.24, 2.45) is 0 Å². The van der Waals surface area contributed by atoms with Gasteiger partial charge in [0.05, 0.1) is 27.8 Å². The molecule has 0 unspecified atom stereocenters. The van der Waals surface area contributed by atoms with E-state index in [1.807, 2.05) is 0 Å². The van der Waals surface area contributed by atoms with Gasteiger partial charge in [-0.15, -0.1) is 0 Å². The van der Waals surface area contributed by atoms with E-state index < -0.39 is 0 Å². The van der Waals surface area contributed by atoms with Gasteiger partial charge in [-0.05, 0) is 124 Å². The third kappa shape index (κ3) is 6.51. The van der Waals surface area contributed by atoms with Gasteiger partial charge in [0, 0.05) is 49.7 Å². The standard InChI is InChI=1S/C64H43N3/c1-4-16-49(17-5-1)65(62-41-39-53(54-22-10-11-23-55(54)62)48-34-38-58-56-24-12-14-26-60(56)67(64(58)43-48)51-20-8-3-9-21-51)52-36-32-45(33-37-52)44-28-30-46(31-29-44)47-35-40-63-59(42-47)57-25-13-15-27-61(57)66(63)50-18-6-2-7-19-50/h1-43H. The molecular formula is C64H43N3. The number of anilines is 3. The summed E-state index contributed by atoms with van der Waals surface area (Å²) in [5.41, 5.74) is 17.7. The van der Waals surface area contributed by atoms with Gasteiger partial charge in [-0.1, -0.05) is 176 Å². The van der Waals surface area contributed by atoms with Crippen molar-refractivity contribution in [3.63, 3.8) is 0 Å². The second kappa shape index (κ2) is 16.0. The van der Waals surface area contributed by atoms with E-state index in [4.69, 9.17) is 0 Å². The second-order valence-electron chi connectivity index (χ2n) is 17.3. The zero-order valence-electron chi connectivity index (χ0n) is 36.7. The number of benzene rings is 11. The van der Waals surface area contributed by atoms with Gasteiger partial charge in [0.15, 0.2) is 0 Å². The lowest BCUT2D eigenvalue weighted by Crippen LogP contribution is -2.10. The van der Waals surface area contributed by atoms with Crippen molar-refractivity contribution in [2.75, 3.05) is 4.90 Å². The predicted octanol–water partition coefficient (Wildman–Crippen LogP) is 17.5. The predicted molar refractivity (Wildman–Crippen MR) is 284 cm³/mol. The van der Waals surface area contributed by atoms with Crippen LogP contribution in [0, 0.1) is 0 Å². The quantitative estimate of drug-likeness (QED) is 0.148. The van der Waals surface area contributed by atoms with E-state index in [2.05, 4.69) is 275 Å². The van der Waals surface area contributed by atoms with E-state index in [0.717, 1.165) is 22.7 Å². The highest BCUT2D eigenvalue weighted by Gasteiger charge is 2.20. The molecular weight excluding hydrogens is 811 g/mol.